The molecule has 0 aliphatic carbocycles. The van der Waals surface area contributed by atoms with Gasteiger partial charge in [-0.3, -0.25) is 9.88 Å². The summed E-state index contributed by atoms with van der Waals surface area (Å²) in [6.07, 6.45) is 7.46. The zero-order valence-corrected chi connectivity index (χ0v) is 10.5. The van der Waals surface area contributed by atoms with Crippen LogP contribution in [0.5, 0.6) is 0 Å². The molecule has 0 spiro atoms. The van der Waals surface area contributed by atoms with Crippen molar-refractivity contribution in [1.82, 2.24) is 14.9 Å². The van der Waals surface area contributed by atoms with Crippen LogP contribution in [0.1, 0.15) is 19.3 Å². The molecular weight excluding hydrogens is 228 g/mol. The van der Waals surface area contributed by atoms with Gasteiger partial charge in [0.25, 0.3) is 0 Å². The van der Waals surface area contributed by atoms with E-state index in [1.807, 2.05) is 6.20 Å². The number of nitrogens with one attached hydrogen (secondary N) is 1. The molecule has 3 rings (SSSR count). The molecule has 2 saturated heterocycles. The number of nitrogens with two attached hydrogens (primary N) is 1. The van der Waals surface area contributed by atoms with E-state index >= 15 is 0 Å². The highest BCUT2D eigenvalue weighted by molar-refractivity contribution is 5.43. The van der Waals surface area contributed by atoms with Crippen molar-refractivity contribution in [2.75, 3.05) is 36.5 Å². The van der Waals surface area contributed by atoms with Gasteiger partial charge in [-0.1, -0.05) is 6.42 Å². The second-order valence-electron chi connectivity index (χ2n) is 5.04. The van der Waals surface area contributed by atoms with Crippen LogP contribution in [0.15, 0.2) is 12.4 Å². The van der Waals surface area contributed by atoms with Gasteiger partial charge >= 0.3 is 0 Å². The predicted molar refractivity (Wildman–Crippen MR) is 71.3 cm³/mol. The minimum atomic E-state index is 0.624. The van der Waals surface area contributed by atoms with Crippen LogP contribution >= 0.6 is 0 Å². The van der Waals surface area contributed by atoms with Crippen molar-refractivity contribution in [2.24, 2.45) is 5.84 Å². The summed E-state index contributed by atoms with van der Waals surface area (Å²) in [6.45, 7) is 4.48. The summed E-state index contributed by atoms with van der Waals surface area (Å²) < 4.78 is 0. The number of hydrogen-bond donors (Lipinski definition) is 2. The van der Waals surface area contributed by atoms with E-state index in [1.54, 1.807) is 6.20 Å². The van der Waals surface area contributed by atoms with Crippen LogP contribution in [0, 0.1) is 0 Å². The number of aromatic nitrogens is 2. The molecule has 0 saturated carbocycles. The molecule has 98 valence electrons. The van der Waals surface area contributed by atoms with Gasteiger partial charge in [0, 0.05) is 25.7 Å². The fourth-order valence-electron chi connectivity index (χ4n) is 2.94. The summed E-state index contributed by atoms with van der Waals surface area (Å²) >= 11 is 0. The molecule has 2 aliphatic rings. The number of nitrogen functional groups attached to an aromatic ring is 1. The van der Waals surface area contributed by atoms with Crippen molar-refractivity contribution in [2.45, 2.75) is 25.3 Å². The molecule has 18 heavy (non-hydrogen) atoms. The summed E-state index contributed by atoms with van der Waals surface area (Å²) in [5, 5.41) is 0. The van der Waals surface area contributed by atoms with Gasteiger partial charge in [-0.15, -0.1) is 0 Å². The van der Waals surface area contributed by atoms with Crippen LogP contribution in [0.25, 0.3) is 0 Å². The highest BCUT2D eigenvalue weighted by atomic mass is 15.3. The van der Waals surface area contributed by atoms with Gasteiger partial charge < -0.3 is 10.3 Å². The van der Waals surface area contributed by atoms with Gasteiger partial charge in [-0.05, 0) is 19.4 Å². The third kappa shape index (κ3) is 2.26. The lowest BCUT2D eigenvalue weighted by atomic mass is 9.99. The molecule has 1 unspecified atom stereocenters. The Labute approximate surface area is 107 Å². The SMILES string of the molecule is NNc1cncc(N2CCN3CCCCC3C2)n1. The summed E-state index contributed by atoms with van der Waals surface area (Å²) in [7, 11) is 0. The Morgan fingerprint density at radius 1 is 1.22 bits per heavy atom. The van der Waals surface area contributed by atoms with E-state index in [2.05, 4.69) is 25.2 Å². The van der Waals surface area contributed by atoms with Crippen LogP contribution < -0.4 is 16.2 Å². The van der Waals surface area contributed by atoms with E-state index in [-0.39, 0.29) is 0 Å². The van der Waals surface area contributed by atoms with Gasteiger partial charge in [-0.2, -0.15) is 0 Å². The largest absolute Gasteiger partial charge is 0.352 e. The maximum atomic E-state index is 5.38. The van der Waals surface area contributed by atoms with Crippen molar-refractivity contribution in [3.05, 3.63) is 12.4 Å². The Kier molecular flexibility index (Phi) is 3.29. The average Bonchev–Trinajstić information content (AvgIpc) is 2.47. The number of nitrogens with zero attached hydrogens (tertiary/aromatic N) is 4. The van der Waals surface area contributed by atoms with Gasteiger partial charge in [0.05, 0.1) is 12.4 Å². The number of hydrazine groups is 1. The molecule has 0 radical (unpaired) electrons. The van der Waals surface area contributed by atoms with Crippen molar-refractivity contribution in [1.29, 1.82) is 0 Å². The van der Waals surface area contributed by atoms with Crippen LogP contribution in [0.2, 0.25) is 0 Å². The van der Waals surface area contributed by atoms with Crippen molar-refractivity contribution in [3.8, 4) is 0 Å². The number of fused-ring (bicyclic) bond motifs is 1. The highest BCUT2D eigenvalue weighted by Gasteiger charge is 2.29. The lowest BCUT2D eigenvalue weighted by molar-refractivity contribution is 0.133. The summed E-state index contributed by atoms with van der Waals surface area (Å²) in [5.41, 5.74) is 2.55. The van der Waals surface area contributed by atoms with E-state index in [9.17, 15) is 0 Å². The van der Waals surface area contributed by atoms with Crippen molar-refractivity contribution in [3.63, 3.8) is 0 Å². The molecule has 3 N–H and O–H groups in total. The van der Waals surface area contributed by atoms with Crippen LogP contribution in [0.3, 0.4) is 0 Å². The van der Waals surface area contributed by atoms with Gasteiger partial charge in [-0.25, -0.2) is 10.8 Å². The molecule has 0 amide bonds. The first-order valence-electron chi connectivity index (χ1n) is 6.64. The number of hydrogen-bond acceptors (Lipinski definition) is 6. The molecule has 0 aromatic carbocycles. The molecule has 3 heterocycles. The molecule has 6 nitrogen and oxygen atoms in total. The molecule has 1 aromatic rings. The Hall–Kier alpha value is -1.40. The molecule has 6 heteroatoms. The number of piperidine rings is 1. The topological polar surface area (TPSA) is 70.3 Å². The summed E-state index contributed by atoms with van der Waals surface area (Å²) in [4.78, 5) is 13.6. The zero-order valence-electron chi connectivity index (χ0n) is 10.5. The smallest absolute Gasteiger partial charge is 0.160 e. The number of anilines is 2. The van der Waals surface area contributed by atoms with Crippen molar-refractivity contribution < 1.29 is 0 Å². The maximum absolute atomic E-state index is 5.38. The second kappa shape index (κ2) is 5.07. The van der Waals surface area contributed by atoms with Crippen molar-refractivity contribution >= 4 is 11.6 Å². The van der Waals surface area contributed by atoms with Crippen LogP contribution in [-0.2, 0) is 0 Å². The standard InChI is InChI=1S/C12H20N6/c13-16-11-7-14-8-12(15-11)18-6-5-17-4-2-1-3-10(17)9-18/h7-8,10H,1-6,9,13H2,(H,15,16). The van der Waals surface area contributed by atoms with E-state index in [1.165, 1.54) is 25.8 Å². The highest BCUT2D eigenvalue weighted by Crippen LogP contribution is 2.23. The average molecular weight is 248 g/mol. The summed E-state index contributed by atoms with van der Waals surface area (Å²) in [6, 6.07) is 0.684. The van der Waals surface area contributed by atoms with E-state index < -0.39 is 0 Å². The molecule has 0 bridgehead atoms. The molecule has 2 aliphatic heterocycles. The van der Waals surface area contributed by atoms with Gasteiger partial charge in [0.15, 0.2) is 5.82 Å². The third-order valence-corrected chi connectivity index (χ3v) is 3.93. The minimum absolute atomic E-state index is 0.624. The first-order valence-corrected chi connectivity index (χ1v) is 6.64. The lowest BCUT2D eigenvalue weighted by Gasteiger charge is -2.44. The number of piperazine rings is 1. The fraction of sp³-hybridized carbons (Fsp3) is 0.667. The monoisotopic (exact) mass is 248 g/mol. The molecule has 1 atom stereocenters. The Morgan fingerprint density at radius 2 is 2.17 bits per heavy atom. The van der Waals surface area contributed by atoms with Crippen LogP contribution in [-0.4, -0.2) is 47.1 Å². The van der Waals surface area contributed by atoms with E-state index in [4.69, 9.17) is 5.84 Å². The first-order chi connectivity index (χ1) is 8.86. The quantitative estimate of drug-likeness (QED) is 0.584. The Bertz CT molecular complexity index is 409. The Morgan fingerprint density at radius 3 is 3.06 bits per heavy atom. The third-order valence-electron chi connectivity index (χ3n) is 3.93. The Balaban J connectivity index is 1.72. The molecule has 2 fully saturated rings. The van der Waals surface area contributed by atoms with E-state index in [0.29, 0.717) is 11.9 Å². The lowest BCUT2D eigenvalue weighted by Crippen LogP contribution is -2.55. The summed E-state index contributed by atoms with van der Waals surface area (Å²) in [5.74, 6) is 6.93. The maximum Gasteiger partial charge on any atom is 0.160 e. The van der Waals surface area contributed by atoms with Crippen LogP contribution in [0.4, 0.5) is 11.6 Å². The van der Waals surface area contributed by atoms with Gasteiger partial charge in [0.2, 0.25) is 0 Å². The minimum Gasteiger partial charge on any atom is -0.352 e. The van der Waals surface area contributed by atoms with Gasteiger partial charge in [0.1, 0.15) is 5.82 Å². The second-order valence-corrected chi connectivity index (χ2v) is 5.04. The molecule has 1 aromatic heterocycles. The first kappa shape index (κ1) is 11.7. The zero-order chi connectivity index (χ0) is 12.4. The predicted octanol–water partition coefficient (Wildman–Crippen LogP) is 0.437. The molecular formula is C12H20N6. The van der Waals surface area contributed by atoms with E-state index in [0.717, 1.165) is 25.5 Å². The fourth-order valence-corrected chi connectivity index (χ4v) is 2.94. The number of rotatable bonds is 2. The normalized spacial score (nSPS) is 24.7.